The van der Waals surface area contributed by atoms with Crippen molar-refractivity contribution in [2.45, 2.75) is 32.2 Å². The Bertz CT molecular complexity index is 361. The fourth-order valence-electron chi connectivity index (χ4n) is 3.29. The number of nitrogens with one attached hydrogen (secondary N) is 2. The molecule has 6 heteroatoms. The molecule has 20 heavy (non-hydrogen) atoms. The van der Waals surface area contributed by atoms with Crippen LogP contribution >= 0.6 is 0 Å². The van der Waals surface area contributed by atoms with Gasteiger partial charge in [-0.3, -0.25) is 9.59 Å². The van der Waals surface area contributed by atoms with E-state index in [2.05, 4.69) is 10.6 Å². The fourth-order valence-corrected chi connectivity index (χ4v) is 3.29. The van der Waals surface area contributed by atoms with Crippen LogP contribution in [-0.2, 0) is 14.3 Å². The largest absolute Gasteiger partial charge is 0.384 e. The summed E-state index contributed by atoms with van der Waals surface area (Å²) in [4.78, 5) is 25.8. The second-order valence-corrected chi connectivity index (χ2v) is 5.90. The topological polar surface area (TPSA) is 70.7 Å². The second-order valence-electron chi connectivity index (χ2n) is 5.90. The third-order valence-corrected chi connectivity index (χ3v) is 4.32. The highest BCUT2D eigenvalue weighted by Gasteiger charge is 2.43. The summed E-state index contributed by atoms with van der Waals surface area (Å²) in [5.74, 6) is 0.159. The highest BCUT2D eigenvalue weighted by Crippen LogP contribution is 2.32. The number of hydrogen-bond acceptors (Lipinski definition) is 4. The Kier molecular flexibility index (Phi) is 4.99. The first-order valence-corrected chi connectivity index (χ1v) is 7.33. The first kappa shape index (κ1) is 15.3. The van der Waals surface area contributed by atoms with Crippen molar-refractivity contribution in [3.8, 4) is 0 Å². The maximum Gasteiger partial charge on any atom is 0.231 e. The van der Waals surface area contributed by atoms with Crippen LogP contribution in [0.4, 0.5) is 0 Å². The van der Waals surface area contributed by atoms with Gasteiger partial charge in [0.15, 0.2) is 0 Å². The normalized spacial score (nSPS) is 25.5. The van der Waals surface area contributed by atoms with Crippen LogP contribution in [0.3, 0.4) is 0 Å². The lowest BCUT2D eigenvalue weighted by molar-refractivity contribution is -0.146. The van der Waals surface area contributed by atoms with Gasteiger partial charge in [0.1, 0.15) is 0 Å². The molecule has 0 aliphatic carbocycles. The minimum absolute atomic E-state index is 0.0298. The molecule has 0 bridgehead atoms. The van der Waals surface area contributed by atoms with E-state index in [0.29, 0.717) is 13.2 Å². The monoisotopic (exact) mass is 283 g/mol. The highest BCUT2D eigenvalue weighted by molar-refractivity contribution is 5.83. The fraction of sp³-hybridized carbons (Fsp3) is 0.857. The predicted octanol–water partition coefficient (Wildman–Crippen LogP) is -0.260. The van der Waals surface area contributed by atoms with Crippen LogP contribution in [0.5, 0.6) is 0 Å². The predicted molar refractivity (Wildman–Crippen MR) is 75.2 cm³/mol. The van der Waals surface area contributed by atoms with E-state index >= 15 is 0 Å². The molecule has 2 N–H and O–H groups in total. The lowest BCUT2D eigenvalue weighted by Crippen LogP contribution is -2.51. The average Bonchev–Trinajstić information content (AvgIpc) is 2.87. The minimum Gasteiger partial charge on any atom is -0.384 e. The van der Waals surface area contributed by atoms with Gasteiger partial charge >= 0.3 is 0 Å². The van der Waals surface area contributed by atoms with Gasteiger partial charge in [0.25, 0.3) is 0 Å². The van der Waals surface area contributed by atoms with Gasteiger partial charge in [-0.1, -0.05) is 0 Å². The highest BCUT2D eigenvalue weighted by atomic mass is 16.5. The summed E-state index contributed by atoms with van der Waals surface area (Å²) >= 11 is 0. The molecule has 0 saturated carbocycles. The summed E-state index contributed by atoms with van der Waals surface area (Å²) in [5, 5.41) is 6.19. The van der Waals surface area contributed by atoms with Crippen LogP contribution in [-0.4, -0.2) is 62.7 Å². The van der Waals surface area contributed by atoms with Crippen molar-refractivity contribution < 1.29 is 14.3 Å². The van der Waals surface area contributed by atoms with E-state index in [4.69, 9.17) is 4.74 Å². The number of methoxy groups -OCH3 is 1. The number of likely N-dealkylation sites (tertiary alicyclic amines) is 1. The maximum absolute atomic E-state index is 12.8. The van der Waals surface area contributed by atoms with E-state index in [1.54, 1.807) is 7.11 Å². The molecular weight excluding hydrogens is 258 g/mol. The molecule has 2 aliphatic heterocycles. The van der Waals surface area contributed by atoms with Crippen LogP contribution in [0.15, 0.2) is 0 Å². The van der Waals surface area contributed by atoms with Crippen molar-refractivity contribution in [3.05, 3.63) is 0 Å². The van der Waals surface area contributed by atoms with Gasteiger partial charge in [-0.25, -0.2) is 0 Å². The molecule has 2 aliphatic rings. The van der Waals surface area contributed by atoms with Crippen molar-refractivity contribution in [1.29, 1.82) is 0 Å². The summed E-state index contributed by atoms with van der Waals surface area (Å²) in [7, 11) is 1.65. The molecule has 2 amide bonds. The van der Waals surface area contributed by atoms with E-state index in [1.165, 1.54) is 6.92 Å². The number of rotatable bonds is 4. The Labute approximate surface area is 120 Å². The molecule has 0 spiro atoms. The van der Waals surface area contributed by atoms with Crippen molar-refractivity contribution in [3.63, 3.8) is 0 Å². The van der Waals surface area contributed by atoms with Gasteiger partial charge in [0, 0.05) is 33.2 Å². The zero-order valence-corrected chi connectivity index (χ0v) is 12.4. The molecule has 0 aromatic carbocycles. The Morgan fingerprint density at radius 1 is 1.40 bits per heavy atom. The third-order valence-electron chi connectivity index (χ3n) is 4.32. The smallest absolute Gasteiger partial charge is 0.231 e. The van der Waals surface area contributed by atoms with Crippen molar-refractivity contribution in [2.75, 3.05) is 39.9 Å². The Morgan fingerprint density at radius 3 is 2.70 bits per heavy atom. The van der Waals surface area contributed by atoms with Crippen molar-refractivity contribution >= 4 is 11.8 Å². The van der Waals surface area contributed by atoms with Gasteiger partial charge < -0.3 is 20.3 Å². The molecule has 1 atom stereocenters. The molecule has 2 fully saturated rings. The molecule has 1 unspecified atom stereocenters. The number of carbonyl (C=O) groups excluding carboxylic acids is 2. The van der Waals surface area contributed by atoms with E-state index in [1.807, 2.05) is 4.90 Å². The summed E-state index contributed by atoms with van der Waals surface area (Å²) in [6.07, 6.45) is 2.48. The summed E-state index contributed by atoms with van der Waals surface area (Å²) < 4.78 is 5.31. The van der Waals surface area contributed by atoms with Gasteiger partial charge in [-0.15, -0.1) is 0 Å². The number of piperidine rings is 1. The summed E-state index contributed by atoms with van der Waals surface area (Å²) in [5.41, 5.74) is -0.384. The molecular formula is C14H25N3O3. The number of hydrogen-bond donors (Lipinski definition) is 2. The molecule has 114 valence electrons. The standard InChI is InChI=1S/C14H25N3O3/c1-11(18)16-12-3-8-17(9-12)13(19)14(10-20-2)4-6-15-7-5-14/h12,15H,3-10H2,1-2H3,(H,16,18). The number of nitrogens with zero attached hydrogens (tertiary/aromatic N) is 1. The minimum atomic E-state index is -0.384. The zero-order valence-electron chi connectivity index (χ0n) is 12.4. The quantitative estimate of drug-likeness (QED) is 0.746. The SMILES string of the molecule is COCC1(C(=O)N2CCC(NC(C)=O)C2)CCNCC1. The number of amides is 2. The average molecular weight is 283 g/mol. The van der Waals surface area contributed by atoms with E-state index in [0.717, 1.165) is 38.9 Å². The molecule has 2 saturated heterocycles. The van der Waals surface area contributed by atoms with Gasteiger partial charge in [0.2, 0.25) is 11.8 Å². The molecule has 0 aromatic heterocycles. The van der Waals surface area contributed by atoms with E-state index < -0.39 is 0 Å². The number of carbonyl (C=O) groups is 2. The molecule has 6 nitrogen and oxygen atoms in total. The Morgan fingerprint density at radius 2 is 2.10 bits per heavy atom. The molecule has 2 heterocycles. The Hall–Kier alpha value is -1.14. The van der Waals surface area contributed by atoms with Crippen LogP contribution in [0.2, 0.25) is 0 Å². The van der Waals surface area contributed by atoms with Crippen molar-refractivity contribution in [2.24, 2.45) is 5.41 Å². The Balaban J connectivity index is 2.00. The van der Waals surface area contributed by atoms with Gasteiger partial charge in [-0.05, 0) is 32.4 Å². The first-order chi connectivity index (χ1) is 9.57. The van der Waals surface area contributed by atoms with Gasteiger partial charge in [0.05, 0.1) is 12.0 Å². The first-order valence-electron chi connectivity index (χ1n) is 7.33. The molecule has 0 aromatic rings. The van der Waals surface area contributed by atoms with Crippen LogP contribution in [0.25, 0.3) is 0 Å². The second kappa shape index (κ2) is 6.54. The van der Waals surface area contributed by atoms with Crippen LogP contribution in [0.1, 0.15) is 26.2 Å². The van der Waals surface area contributed by atoms with E-state index in [-0.39, 0.29) is 23.3 Å². The third kappa shape index (κ3) is 3.30. The van der Waals surface area contributed by atoms with Crippen LogP contribution in [0, 0.1) is 5.41 Å². The van der Waals surface area contributed by atoms with E-state index in [9.17, 15) is 9.59 Å². The van der Waals surface area contributed by atoms with Crippen molar-refractivity contribution in [1.82, 2.24) is 15.5 Å². The lowest BCUT2D eigenvalue weighted by Gasteiger charge is -2.38. The van der Waals surface area contributed by atoms with Gasteiger partial charge in [-0.2, -0.15) is 0 Å². The molecule has 0 radical (unpaired) electrons. The summed E-state index contributed by atoms with van der Waals surface area (Å²) in [6, 6.07) is 0.0951. The lowest BCUT2D eigenvalue weighted by atomic mass is 9.78. The number of ether oxygens (including phenoxy) is 1. The molecule has 2 rings (SSSR count). The maximum atomic E-state index is 12.8. The zero-order chi connectivity index (χ0) is 14.6. The summed E-state index contributed by atoms with van der Waals surface area (Å²) in [6.45, 7) is 5.06. The van der Waals surface area contributed by atoms with Crippen LogP contribution < -0.4 is 10.6 Å².